The molecule has 4 heterocycles. The summed E-state index contributed by atoms with van der Waals surface area (Å²) in [4.78, 5) is 29.5. The molecule has 3 aliphatic heterocycles. The van der Waals surface area contributed by atoms with Crippen molar-refractivity contribution in [3.05, 3.63) is 12.3 Å². The first-order valence-electron chi connectivity index (χ1n) is 13.6. The molecule has 7 heteroatoms. The molecule has 1 saturated carbocycles. The lowest BCUT2D eigenvalue weighted by Crippen LogP contribution is -2.48. The van der Waals surface area contributed by atoms with E-state index in [0.717, 1.165) is 83.1 Å². The Morgan fingerprint density at radius 2 is 1.58 bits per heavy atom. The molecule has 33 heavy (non-hydrogen) atoms. The Bertz CT molecular complexity index is 766. The SMILES string of the molecule is O=C(C1CCCCC1)N1CCC(N2CCC(Nc3nccc(N4CCCCCC4)n3)C2)CC1. The number of nitrogens with one attached hydrogen (secondary N) is 1. The topological polar surface area (TPSA) is 64.6 Å². The molecule has 1 aromatic rings. The van der Waals surface area contributed by atoms with Crippen molar-refractivity contribution >= 4 is 17.7 Å². The molecule has 1 unspecified atom stereocenters. The van der Waals surface area contributed by atoms with Gasteiger partial charge < -0.3 is 15.1 Å². The van der Waals surface area contributed by atoms with E-state index in [-0.39, 0.29) is 0 Å². The molecule has 0 spiro atoms. The van der Waals surface area contributed by atoms with E-state index >= 15 is 0 Å². The highest BCUT2D eigenvalue weighted by atomic mass is 16.2. The zero-order valence-electron chi connectivity index (χ0n) is 20.3. The molecule has 3 saturated heterocycles. The van der Waals surface area contributed by atoms with Gasteiger partial charge in [-0.2, -0.15) is 4.98 Å². The van der Waals surface area contributed by atoms with Gasteiger partial charge in [0, 0.05) is 63.5 Å². The molecule has 7 nitrogen and oxygen atoms in total. The molecule has 1 aliphatic carbocycles. The van der Waals surface area contributed by atoms with E-state index in [2.05, 4.69) is 31.1 Å². The molecule has 5 rings (SSSR count). The number of piperidine rings is 1. The van der Waals surface area contributed by atoms with Crippen LogP contribution in [0.25, 0.3) is 0 Å². The Morgan fingerprint density at radius 1 is 0.848 bits per heavy atom. The quantitative estimate of drug-likeness (QED) is 0.728. The van der Waals surface area contributed by atoms with Crippen molar-refractivity contribution in [3.63, 3.8) is 0 Å². The van der Waals surface area contributed by atoms with E-state index in [9.17, 15) is 4.79 Å². The molecular weight excluding hydrogens is 412 g/mol. The second-order valence-electron chi connectivity index (χ2n) is 10.7. The monoisotopic (exact) mass is 454 g/mol. The lowest BCUT2D eigenvalue weighted by Gasteiger charge is -2.38. The first-order valence-corrected chi connectivity index (χ1v) is 13.6. The molecule has 1 N–H and O–H groups in total. The standard InChI is InChI=1S/C26H42N6O/c33-25(21-8-4-3-5-9-21)31-18-12-23(13-19-31)32-17-11-22(20-32)28-26-27-14-10-24(29-26)30-15-6-1-2-7-16-30/h10,14,21-23H,1-9,11-13,15-20H2,(H,27,28,29). The van der Waals surface area contributed by atoms with Gasteiger partial charge >= 0.3 is 0 Å². The van der Waals surface area contributed by atoms with Crippen molar-refractivity contribution < 1.29 is 4.79 Å². The highest BCUT2D eigenvalue weighted by Crippen LogP contribution is 2.28. The summed E-state index contributed by atoms with van der Waals surface area (Å²) in [7, 11) is 0. The van der Waals surface area contributed by atoms with Crippen LogP contribution >= 0.6 is 0 Å². The minimum Gasteiger partial charge on any atom is -0.356 e. The van der Waals surface area contributed by atoms with Crippen LogP contribution in [0.5, 0.6) is 0 Å². The first-order chi connectivity index (χ1) is 16.3. The van der Waals surface area contributed by atoms with E-state index < -0.39 is 0 Å². The van der Waals surface area contributed by atoms with Crippen LogP contribution in [0.4, 0.5) is 11.8 Å². The van der Waals surface area contributed by atoms with Crippen LogP contribution in [0.15, 0.2) is 12.3 Å². The second kappa shape index (κ2) is 11.0. The van der Waals surface area contributed by atoms with E-state index in [1.807, 2.05) is 6.20 Å². The predicted octanol–water partition coefficient (Wildman–Crippen LogP) is 3.91. The summed E-state index contributed by atoms with van der Waals surface area (Å²) in [5.41, 5.74) is 0. The van der Waals surface area contributed by atoms with Gasteiger partial charge in [-0.1, -0.05) is 32.1 Å². The smallest absolute Gasteiger partial charge is 0.225 e. The average Bonchev–Trinajstić information content (AvgIpc) is 3.16. The Morgan fingerprint density at radius 3 is 2.33 bits per heavy atom. The number of rotatable bonds is 5. The first kappa shape index (κ1) is 22.9. The number of hydrogen-bond acceptors (Lipinski definition) is 6. The number of aromatic nitrogens is 2. The van der Waals surface area contributed by atoms with Gasteiger partial charge in [0.15, 0.2) is 0 Å². The Kier molecular flexibility index (Phi) is 7.64. The Labute approximate surface area is 199 Å². The second-order valence-corrected chi connectivity index (χ2v) is 10.7. The fraction of sp³-hybridized carbons (Fsp3) is 0.808. The number of carbonyl (C=O) groups is 1. The maximum atomic E-state index is 12.9. The summed E-state index contributed by atoms with van der Waals surface area (Å²) in [5, 5.41) is 3.62. The molecule has 4 aliphatic rings. The zero-order valence-corrected chi connectivity index (χ0v) is 20.3. The molecule has 0 bridgehead atoms. The number of nitrogens with zero attached hydrogens (tertiary/aromatic N) is 5. The van der Waals surface area contributed by atoms with Crippen molar-refractivity contribution in [2.75, 3.05) is 49.5 Å². The van der Waals surface area contributed by atoms with Gasteiger partial charge in [0.05, 0.1) is 0 Å². The minimum absolute atomic E-state index is 0.306. The van der Waals surface area contributed by atoms with Crippen molar-refractivity contribution in [1.82, 2.24) is 19.8 Å². The van der Waals surface area contributed by atoms with Crippen LogP contribution in [0.2, 0.25) is 0 Å². The normalized spacial score (nSPS) is 26.4. The van der Waals surface area contributed by atoms with Gasteiger partial charge in [0.1, 0.15) is 5.82 Å². The van der Waals surface area contributed by atoms with Crippen LogP contribution in [0, 0.1) is 5.92 Å². The molecular formula is C26H42N6O. The van der Waals surface area contributed by atoms with Gasteiger partial charge in [-0.25, -0.2) is 4.98 Å². The van der Waals surface area contributed by atoms with Gasteiger partial charge in [0.25, 0.3) is 0 Å². The molecule has 1 atom stereocenters. The van der Waals surface area contributed by atoms with Crippen LogP contribution in [-0.4, -0.2) is 77.0 Å². The lowest BCUT2D eigenvalue weighted by atomic mass is 9.87. The maximum absolute atomic E-state index is 12.9. The van der Waals surface area contributed by atoms with Crippen LogP contribution in [0.3, 0.4) is 0 Å². The summed E-state index contributed by atoms with van der Waals surface area (Å²) in [5.74, 6) is 2.59. The summed E-state index contributed by atoms with van der Waals surface area (Å²) < 4.78 is 0. The fourth-order valence-corrected chi connectivity index (χ4v) is 6.37. The van der Waals surface area contributed by atoms with E-state index in [1.54, 1.807) is 0 Å². The van der Waals surface area contributed by atoms with Gasteiger partial charge in [-0.15, -0.1) is 0 Å². The maximum Gasteiger partial charge on any atom is 0.225 e. The van der Waals surface area contributed by atoms with E-state index in [1.165, 1.54) is 44.9 Å². The number of likely N-dealkylation sites (tertiary alicyclic amines) is 2. The number of carbonyl (C=O) groups excluding carboxylic acids is 1. The van der Waals surface area contributed by atoms with Gasteiger partial charge in [-0.3, -0.25) is 9.69 Å². The highest BCUT2D eigenvalue weighted by molar-refractivity contribution is 5.79. The average molecular weight is 455 g/mol. The number of amides is 1. The van der Waals surface area contributed by atoms with Gasteiger partial charge in [-0.05, 0) is 51.0 Å². The summed E-state index contributed by atoms with van der Waals surface area (Å²) in [6.07, 6.45) is 16.5. The molecule has 4 fully saturated rings. The Balaban J connectivity index is 1.09. The van der Waals surface area contributed by atoms with Crippen molar-refractivity contribution in [2.24, 2.45) is 5.92 Å². The van der Waals surface area contributed by atoms with Crippen molar-refractivity contribution in [2.45, 2.75) is 89.1 Å². The Hall–Kier alpha value is -1.89. The summed E-state index contributed by atoms with van der Waals surface area (Å²) in [6.45, 7) is 6.28. The molecule has 0 radical (unpaired) electrons. The van der Waals surface area contributed by atoms with E-state index in [0.29, 0.717) is 23.9 Å². The van der Waals surface area contributed by atoms with Gasteiger partial charge in [0.2, 0.25) is 11.9 Å². The summed E-state index contributed by atoms with van der Waals surface area (Å²) in [6, 6.07) is 3.07. The third kappa shape index (κ3) is 5.79. The van der Waals surface area contributed by atoms with Crippen LogP contribution in [-0.2, 0) is 4.79 Å². The third-order valence-corrected chi connectivity index (χ3v) is 8.37. The molecule has 1 amide bonds. The fourth-order valence-electron chi connectivity index (χ4n) is 6.37. The van der Waals surface area contributed by atoms with E-state index in [4.69, 9.17) is 4.98 Å². The summed E-state index contributed by atoms with van der Waals surface area (Å²) >= 11 is 0. The predicted molar refractivity (Wildman–Crippen MR) is 132 cm³/mol. The minimum atomic E-state index is 0.306. The van der Waals surface area contributed by atoms with Crippen LogP contribution in [0.1, 0.15) is 77.0 Å². The van der Waals surface area contributed by atoms with Crippen molar-refractivity contribution in [3.8, 4) is 0 Å². The van der Waals surface area contributed by atoms with Crippen molar-refractivity contribution in [1.29, 1.82) is 0 Å². The zero-order chi connectivity index (χ0) is 22.5. The molecule has 1 aromatic heterocycles. The highest BCUT2D eigenvalue weighted by Gasteiger charge is 2.34. The molecule has 0 aromatic carbocycles. The lowest BCUT2D eigenvalue weighted by molar-refractivity contribution is -0.138. The van der Waals surface area contributed by atoms with Crippen LogP contribution < -0.4 is 10.2 Å². The molecule has 182 valence electrons. The largest absolute Gasteiger partial charge is 0.356 e. The number of anilines is 2. The third-order valence-electron chi connectivity index (χ3n) is 8.37. The number of hydrogen-bond donors (Lipinski definition) is 1.